The van der Waals surface area contributed by atoms with Crippen LogP contribution in [0.1, 0.15) is 73.4 Å². The van der Waals surface area contributed by atoms with Gasteiger partial charge in [0.25, 0.3) is 0 Å². The number of nitrogens with zero attached hydrogens (tertiary/aromatic N) is 1. The summed E-state index contributed by atoms with van der Waals surface area (Å²) in [5.74, 6) is -12.9. The first-order chi connectivity index (χ1) is 18.2. The van der Waals surface area contributed by atoms with Crippen molar-refractivity contribution in [3.05, 3.63) is 28.8 Å². The monoisotopic (exact) mass is 540 g/mol. The maximum Gasteiger partial charge on any atom is 0.235 e. The minimum absolute atomic E-state index is 0.0365. The second-order valence-corrected chi connectivity index (χ2v) is 12.4. The highest BCUT2D eigenvalue weighted by molar-refractivity contribution is 6.32. The number of benzene rings is 1. The van der Waals surface area contributed by atoms with Crippen molar-refractivity contribution in [3.8, 4) is 5.75 Å². The molecule has 0 radical (unpaired) electrons. The average Bonchev–Trinajstić information content (AvgIpc) is 2.86. The van der Waals surface area contributed by atoms with Crippen LogP contribution in [0, 0.1) is 23.7 Å². The Bertz CT molecular complexity index is 1300. The Balaban J connectivity index is 1.68. The highest BCUT2D eigenvalue weighted by Crippen LogP contribution is 2.55. The zero-order valence-electron chi connectivity index (χ0n) is 22.6. The number of carbonyl (C=O) groups excluding carboxylic acids is 5. The smallest absolute Gasteiger partial charge is 0.235 e. The van der Waals surface area contributed by atoms with E-state index >= 15 is 0 Å². The van der Waals surface area contributed by atoms with Crippen LogP contribution in [0.3, 0.4) is 0 Å². The second kappa shape index (κ2) is 9.04. The number of phenolic OH excluding ortho intramolecular Hbond substituents is 1. The molecule has 3 fully saturated rings. The number of amides is 1. The molecule has 1 amide bonds. The lowest BCUT2D eigenvalue weighted by molar-refractivity contribution is -0.196. The van der Waals surface area contributed by atoms with Gasteiger partial charge in [0.2, 0.25) is 5.91 Å². The number of hydrogen-bond donors (Lipinski definition) is 4. The van der Waals surface area contributed by atoms with Gasteiger partial charge < -0.3 is 21.1 Å². The Morgan fingerprint density at radius 1 is 1.05 bits per heavy atom. The number of aromatic hydroxyl groups is 1. The summed E-state index contributed by atoms with van der Waals surface area (Å²) in [4.78, 5) is 68.3. The molecule has 1 aromatic rings. The van der Waals surface area contributed by atoms with Crippen molar-refractivity contribution in [3.63, 3.8) is 0 Å². The number of Topliss-reactive ketones (excluding diaryl/α,β-unsaturated/α-hetero) is 4. The SMILES string of the molecule is C[C@H]1c2ccc(C3(C)CCCCC3)c(O)c2C(=O)C2C(=O)[C@]3(O)C(=O)C(C(N)=O)C(=O)C(N(C)C)[C@@H]3[C@@H](O)[C@@H]21. The molecule has 0 aromatic heterocycles. The van der Waals surface area contributed by atoms with Crippen LogP contribution in [-0.2, 0) is 24.6 Å². The van der Waals surface area contributed by atoms with Crippen molar-refractivity contribution >= 4 is 29.0 Å². The molecule has 5 N–H and O–H groups in total. The maximum atomic E-state index is 14.1. The summed E-state index contributed by atoms with van der Waals surface area (Å²) in [7, 11) is 2.94. The van der Waals surface area contributed by atoms with Gasteiger partial charge in [0.1, 0.15) is 5.75 Å². The molecule has 0 saturated heterocycles. The predicted molar refractivity (Wildman–Crippen MR) is 138 cm³/mol. The summed E-state index contributed by atoms with van der Waals surface area (Å²) in [5.41, 5.74) is 3.04. The fourth-order valence-corrected chi connectivity index (χ4v) is 8.08. The number of phenols is 1. The first kappa shape index (κ1) is 27.6. The molecule has 3 unspecified atom stereocenters. The number of likely N-dealkylation sites (N-methyl/N-ethyl adjacent to an activating group) is 1. The van der Waals surface area contributed by atoms with E-state index in [0.717, 1.165) is 32.1 Å². The summed E-state index contributed by atoms with van der Waals surface area (Å²) in [5, 5.41) is 34.9. The zero-order valence-corrected chi connectivity index (χ0v) is 22.6. The first-order valence-electron chi connectivity index (χ1n) is 13.6. The average molecular weight is 541 g/mol. The van der Waals surface area contributed by atoms with Crippen LogP contribution in [0.15, 0.2) is 12.1 Å². The lowest BCUT2D eigenvalue weighted by Crippen LogP contribution is -2.77. The van der Waals surface area contributed by atoms with E-state index in [2.05, 4.69) is 0 Å². The number of primary amides is 1. The summed E-state index contributed by atoms with van der Waals surface area (Å²) < 4.78 is 0. The molecule has 0 aliphatic heterocycles. The number of ketones is 4. The Morgan fingerprint density at radius 2 is 1.67 bits per heavy atom. The third-order valence-electron chi connectivity index (χ3n) is 10.1. The van der Waals surface area contributed by atoms with Gasteiger partial charge in [-0.1, -0.05) is 45.2 Å². The van der Waals surface area contributed by atoms with Gasteiger partial charge in [-0.2, -0.15) is 0 Å². The van der Waals surface area contributed by atoms with Gasteiger partial charge in [-0.05, 0) is 43.8 Å². The van der Waals surface area contributed by atoms with Gasteiger partial charge in [-0.25, -0.2) is 0 Å². The zero-order chi connectivity index (χ0) is 28.8. The number of nitrogens with two attached hydrogens (primary N) is 1. The molecule has 1 aromatic carbocycles. The topological polar surface area (TPSA) is 175 Å². The molecular weight excluding hydrogens is 504 g/mol. The van der Waals surface area contributed by atoms with Gasteiger partial charge in [-0.3, -0.25) is 28.9 Å². The van der Waals surface area contributed by atoms with Crippen LogP contribution in [0.25, 0.3) is 0 Å². The Labute approximate surface area is 226 Å². The van der Waals surface area contributed by atoms with E-state index in [0.29, 0.717) is 11.1 Å². The highest BCUT2D eigenvalue weighted by atomic mass is 16.3. The normalized spacial score (nSPS) is 37.8. The van der Waals surface area contributed by atoms with Crippen LogP contribution >= 0.6 is 0 Å². The molecule has 0 bridgehead atoms. The van der Waals surface area contributed by atoms with E-state index in [9.17, 15) is 39.3 Å². The van der Waals surface area contributed by atoms with Crippen LogP contribution in [-0.4, -0.2) is 81.1 Å². The lowest BCUT2D eigenvalue weighted by Gasteiger charge is -2.56. The molecule has 10 nitrogen and oxygen atoms in total. The molecule has 4 aliphatic carbocycles. The standard InChI is InChI=1S/C29H36N2O8/c1-12-13-8-9-14(28(2)10-6-5-7-11-28)21(32)16(13)22(33)17-15(12)23(34)19-20(31(3)4)24(35)18(27(30)38)26(37)29(19,39)25(17)36/h8-9,12,15,17-20,23,32,34,39H,5-7,10-11H2,1-4H3,(H2,30,38)/t12-,15+,17?,18?,19+,20?,23-,29-/m0/s1. The molecule has 8 atom stereocenters. The van der Waals surface area contributed by atoms with Crippen LogP contribution in [0.2, 0.25) is 0 Å². The summed E-state index contributed by atoms with van der Waals surface area (Å²) in [6.45, 7) is 3.76. The number of fused-ring (bicyclic) bond motifs is 3. The van der Waals surface area contributed by atoms with E-state index in [-0.39, 0.29) is 16.7 Å². The van der Waals surface area contributed by atoms with Crippen LogP contribution in [0.4, 0.5) is 0 Å². The Hall–Kier alpha value is -2.95. The molecule has 0 heterocycles. The number of carbonyl (C=O) groups is 5. The fourth-order valence-electron chi connectivity index (χ4n) is 8.08. The number of rotatable bonds is 3. The van der Waals surface area contributed by atoms with E-state index in [1.807, 2.05) is 13.0 Å². The van der Waals surface area contributed by atoms with Crippen molar-refractivity contribution in [1.82, 2.24) is 4.90 Å². The maximum absolute atomic E-state index is 14.1. The van der Waals surface area contributed by atoms with Gasteiger partial charge in [-0.15, -0.1) is 0 Å². The van der Waals surface area contributed by atoms with Gasteiger partial charge in [0, 0.05) is 11.5 Å². The summed E-state index contributed by atoms with van der Waals surface area (Å²) >= 11 is 0. The van der Waals surface area contributed by atoms with Gasteiger partial charge in [0.15, 0.2) is 34.7 Å². The minimum Gasteiger partial charge on any atom is -0.507 e. The number of hydrogen-bond acceptors (Lipinski definition) is 9. The van der Waals surface area contributed by atoms with Crippen molar-refractivity contribution in [2.45, 2.75) is 75.0 Å². The number of aliphatic hydroxyl groups is 2. The molecule has 5 rings (SSSR count). The van der Waals surface area contributed by atoms with E-state index in [1.165, 1.54) is 19.0 Å². The molecule has 3 saturated carbocycles. The molecule has 210 valence electrons. The van der Waals surface area contributed by atoms with Crippen molar-refractivity contribution in [2.24, 2.45) is 29.4 Å². The van der Waals surface area contributed by atoms with Crippen LogP contribution < -0.4 is 5.73 Å². The Morgan fingerprint density at radius 3 is 2.23 bits per heavy atom. The third kappa shape index (κ3) is 3.54. The Kier molecular flexibility index (Phi) is 6.40. The van der Waals surface area contributed by atoms with Gasteiger partial charge >= 0.3 is 0 Å². The van der Waals surface area contributed by atoms with Crippen LogP contribution in [0.5, 0.6) is 5.75 Å². The minimum atomic E-state index is -2.99. The fraction of sp³-hybridized carbons (Fsp3) is 0.621. The molecule has 4 aliphatic rings. The van der Waals surface area contributed by atoms with Crippen molar-refractivity contribution in [2.75, 3.05) is 14.1 Å². The summed E-state index contributed by atoms with van der Waals surface area (Å²) in [6, 6.07) is 2.19. The van der Waals surface area contributed by atoms with Crippen molar-refractivity contribution in [1.29, 1.82) is 0 Å². The summed E-state index contributed by atoms with van der Waals surface area (Å²) in [6.07, 6.45) is 3.08. The quantitative estimate of drug-likeness (QED) is 0.401. The highest BCUT2D eigenvalue weighted by Gasteiger charge is 2.73. The van der Waals surface area contributed by atoms with Gasteiger partial charge in [0.05, 0.1) is 29.5 Å². The largest absolute Gasteiger partial charge is 0.507 e. The van der Waals surface area contributed by atoms with E-state index < -0.39 is 76.4 Å². The second-order valence-electron chi connectivity index (χ2n) is 12.4. The van der Waals surface area contributed by atoms with E-state index in [1.54, 1.807) is 13.0 Å². The third-order valence-corrected chi connectivity index (χ3v) is 10.1. The van der Waals surface area contributed by atoms with E-state index in [4.69, 9.17) is 5.73 Å². The molecule has 39 heavy (non-hydrogen) atoms. The lowest BCUT2D eigenvalue weighted by atomic mass is 9.49. The van der Waals surface area contributed by atoms with Crippen molar-refractivity contribution < 1.29 is 39.3 Å². The first-order valence-corrected chi connectivity index (χ1v) is 13.6. The predicted octanol–water partition coefficient (Wildman–Crippen LogP) is 0.621. The molecular formula is C29H36N2O8. The molecule has 0 spiro atoms. The molecule has 10 heteroatoms. The number of aliphatic hydroxyl groups excluding tert-OH is 1.